The molecule has 0 aromatic heterocycles. The lowest BCUT2D eigenvalue weighted by atomic mass is 10.2. The first kappa shape index (κ1) is 12.8. The zero-order valence-corrected chi connectivity index (χ0v) is 7.85. The van der Waals surface area contributed by atoms with Crippen molar-refractivity contribution in [1.29, 1.82) is 0 Å². The molecular formula is C7H7ClF2O4. The van der Waals surface area contributed by atoms with Crippen LogP contribution < -0.4 is 0 Å². The number of hydrogen-bond acceptors (Lipinski definition) is 3. The number of carboxylic acids is 1. The molecule has 0 spiro atoms. The van der Waals surface area contributed by atoms with Crippen molar-refractivity contribution in [3.05, 3.63) is 11.8 Å². The van der Waals surface area contributed by atoms with E-state index in [2.05, 4.69) is 16.3 Å². The average Bonchev–Trinajstić information content (AvgIpc) is 2.02. The molecule has 0 aromatic rings. The van der Waals surface area contributed by atoms with Crippen molar-refractivity contribution >= 4 is 23.4 Å². The van der Waals surface area contributed by atoms with Gasteiger partial charge in [0.05, 0.1) is 6.61 Å². The van der Waals surface area contributed by atoms with E-state index >= 15 is 0 Å². The molecule has 0 amide bonds. The standard InChI is InChI=1S/C7H7ClF2O4/c1-2-14-3-4(6(12)13)5(11)7(8,9)10/h3H,2H2,1H3,(H,12,13)/b4-3+. The molecule has 14 heavy (non-hydrogen) atoms. The first-order chi connectivity index (χ1) is 6.30. The molecule has 0 aliphatic heterocycles. The topological polar surface area (TPSA) is 63.6 Å². The van der Waals surface area contributed by atoms with E-state index in [1.54, 1.807) is 0 Å². The Labute approximate surface area is 83.1 Å². The summed E-state index contributed by atoms with van der Waals surface area (Å²) in [5.74, 6) is -3.82. The van der Waals surface area contributed by atoms with Crippen molar-refractivity contribution in [1.82, 2.24) is 0 Å². The molecule has 0 saturated heterocycles. The highest BCUT2D eigenvalue weighted by Gasteiger charge is 2.41. The second-order valence-corrected chi connectivity index (χ2v) is 2.59. The van der Waals surface area contributed by atoms with Crippen LogP contribution in [0.5, 0.6) is 0 Å². The predicted molar refractivity (Wildman–Crippen MR) is 43.2 cm³/mol. The second-order valence-electron chi connectivity index (χ2n) is 2.12. The van der Waals surface area contributed by atoms with Gasteiger partial charge in [0.25, 0.3) is 5.78 Å². The third-order valence-corrected chi connectivity index (χ3v) is 1.27. The van der Waals surface area contributed by atoms with E-state index in [4.69, 9.17) is 5.11 Å². The van der Waals surface area contributed by atoms with Crippen LogP contribution in [0.3, 0.4) is 0 Å². The Morgan fingerprint density at radius 2 is 2.07 bits per heavy atom. The minimum Gasteiger partial charge on any atom is -0.500 e. The van der Waals surface area contributed by atoms with Gasteiger partial charge in [-0.3, -0.25) is 4.79 Å². The summed E-state index contributed by atoms with van der Waals surface area (Å²) < 4.78 is 28.8. The maximum Gasteiger partial charge on any atom is 0.385 e. The number of ketones is 1. The maximum absolute atomic E-state index is 12.2. The summed E-state index contributed by atoms with van der Waals surface area (Å²) in [6.45, 7) is 1.55. The van der Waals surface area contributed by atoms with Crippen LogP contribution in [-0.4, -0.2) is 28.8 Å². The van der Waals surface area contributed by atoms with Gasteiger partial charge in [0, 0.05) is 0 Å². The van der Waals surface area contributed by atoms with E-state index in [0.717, 1.165) is 0 Å². The van der Waals surface area contributed by atoms with Gasteiger partial charge in [0.15, 0.2) is 0 Å². The molecule has 4 nitrogen and oxygen atoms in total. The Balaban J connectivity index is 4.86. The van der Waals surface area contributed by atoms with Gasteiger partial charge in [-0.25, -0.2) is 4.79 Å². The van der Waals surface area contributed by atoms with Crippen LogP contribution in [0.4, 0.5) is 8.78 Å². The summed E-state index contributed by atoms with van der Waals surface area (Å²) in [4.78, 5) is 21.0. The molecule has 0 atom stereocenters. The van der Waals surface area contributed by atoms with Gasteiger partial charge < -0.3 is 9.84 Å². The van der Waals surface area contributed by atoms with E-state index in [1.807, 2.05) is 0 Å². The van der Waals surface area contributed by atoms with Gasteiger partial charge in [-0.05, 0) is 18.5 Å². The van der Waals surface area contributed by atoms with Crippen LogP contribution in [0.2, 0.25) is 0 Å². The molecule has 0 bridgehead atoms. The number of alkyl halides is 3. The quantitative estimate of drug-likeness (QED) is 0.254. The fourth-order valence-corrected chi connectivity index (χ4v) is 0.622. The Hall–Kier alpha value is -1.17. The van der Waals surface area contributed by atoms with Gasteiger partial charge in [0.1, 0.15) is 11.8 Å². The minimum absolute atomic E-state index is 0.0535. The largest absolute Gasteiger partial charge is 0.500 e. The van der Waals surface area contributed by atoms with Crippen LogP contribution in [0.1, 0.15) is 6.92 Å². The summed E-state index contributed by atoms with van der Waals surface area (Å²) >= 11 is 4.36. The molecule has 1 N–H and O–H groups in total. The zero-order valence-electron chi connectivity index (χ0n) is 7.09. The highest BCUT2D eigenvalue weighted by atomic mass is 35.5. The fourth-order valence-electron chi connectivity index (χ4n) is 0.520. The van der Waals surface area contributed by atoms with Gasteiger partial charge in [0.2, 0.25) is 0 Å². The summed E-state index contributed by atoms with van der Waals surface area (Å²) in [6, 6.07) is 0. The fraction of sp³-hybridized carbons (Fsp3) is 0.429. The maximum atomic E-state index is 12.2. The average molecular weight is 229 g/mol. The van der Waals surface area contributed by atoms with Gasteiger partial charge in [-0.2, -0.15) is 8.78 Å². The first-order valence-electron chi connectivity index (χ1n) is 3.47. The molecule has 0 radical (unpaired) electrons. The van der Waals surface area contributed by atoms with E-state index in [9.17, 15) is 18.4 Å². The number of ether oxygens (including phenoxy) is 1. The molecular weight excluding hydrogens is 222 g/mol. The molecule has 7 heteroatoms. The number of aliphatic carboxylic acids is 1. The Kier molecular flexibility index (Phi) is 4.49. The van der Waals surface area contributed by atoms with Crippen LogP contribution in [0.15, 0.2) is 11.8 Å². The van der Waals surface area contributed by atoms with Crippen molar-refractivity contribution in [2.24, 2.45) is 0 Å². The minimum atomic E-state index is -4.23. The van der Waals surface area contributed by atoms with E-state index in [0.29, 0.717) is 6.26 Å². The molecule has 80 valence electrons. The highest BCUT2D eigenvalue weighted by Crippen LogP contribution is 2.23. The lowest BCUT2D eigenvalue weighted by Crippen LogP contribution is -2.27. The van der Waals surface area contributed by atoms with Crippen LogP contribution >= 0.6 is 11.6 Å². The highest BCUT2D eigenvalue weighted by molar-refractivity contribution is 6.38. The van der Waals surface area contributed by atoms with Crippen molar-refractivity contribution in [2.75, 3.05) is 6.61 Å². The SMILES string of the molecule is CCO/C=C(/C(=O)O)C(=O)C(F)(F)Cl. The number of carbonyl (C=O) groups excluding carboxylic acids is 1. The Bertz CT molecular complexity index is 269. The molecule has 0 aromatic carbocycles. The van der Waals surface area contributed by atoms with Gasteiger partial charge in [-0.1, -0.05) is 0 Å². The number of carboxylic acid groups (broad SMARTS) is 1. The molecule has 0 rings (SSSR count). The molecule has 0 fully saturated rings. The van der Waals surface area contributed by atoms with E-state index in [1.165, 1.54) is 6.92 Å². The molecule has 0 aliphatic rings. The van der Waals surface area contributed by atoms with Crippen molar-refractivity contribution in [3.63, 3.8) is 0 Å². The zero-order chi connectivity index (χ0) is 11.4. The first-order valence-corrected chi connectivity index (χ1v) is 3.85. The third kappa shape index (κ3) is 3.69. The van der Waals surface area contributed by atoms with E-state index in [-0.39, 0.29) is 6.61 Å². The smallest absolute Gasteiger partial charge is 0.385 e. The Morgan fingerprint density at radius 3 is 2.36 bits per heavy atom. The number of rotatable bonds is 5. The van der Waals surface area contributed by atoms with Crippen LogP contribution in [-0.2, 0) is 14.3 Å². The molecule has 0 saturated carbocycles. The van der Waals surface area contributed by atoms with E-state index < -0.39 is 22.7 Å². The summed E-state index contributed by atoms with van der Waals surface area (Å²) in [6.07, 6.45) is 0.445. The normalized spacial score (nSPS) is 12.4. The van der Waals surface area contributed by atoms with Crippen LogP contribution in [0.25, 0.3) is 0 Å². The van der Waals surface area contributed by atoms with Crippen molar-refractivity contribution < 1.29 is 28.2 Å². The molecule has 0 unspecified atom stereocenters. The summed E-state index contributed by atoms with van der Waals surface area (Å²) in [5, 5.41) is 4.14. The summed E-state index contributed by atoms with van der Waals surface area (Å²) in [7, 11) is 0. The monoisotopic (exact) mass is 228 g/mol. The Morgan fingerprint density at radius 1 is 1.57 bits per heavy atom. The number of Topliss-reactive ketones (excluding diaryl/α,β-unsaturated/α-hetero) is 1. The lowest BCUT2D eigenvalue weighted by molar-refractivity contribution is -0.138. The third-order valence-electron chi connectivity index (χ3n) is 1.10. The molecule has 0 aliphatic carbocycles. The van der Waals surface area contributed by atoms with Crippen molar-refractivity contribution in [2.45, 2.75) is 12.3 Å². The number of hydrogen-bond donors (Lipinski definition) is 1. The van der Waals surface area contributed by atoms with Crippen LogP contribution in [0, 0.1) is 0 Å². The lowest BCUT2D eigenvalue weighted by Gasteiger charge is -2.06. The molecule has 0 heterocycles. The summed E-state index contributed by atoms with van der Waals surface area (Å²) in [5.41, 5.74) is -1.19. The number of carbonyl (C=O) groups is 2. The van der Waals surface area contributed by atoms with Crippen molar-refractivity contribution in [3.8, 4) is 0 Å². The second kappa shape index (κ2) is 4.90. The van der Waals surface area contributed by atoms with Gasteiger partial charge >= 0.3 is 11.4 Å². The predicted octanol–water partition coefficient (Wildman–Crippen LogP) is 1.39. The number of halogens is 3. The van der Waals surface area contributed by atoms with Gasteiger partial charge in [-0.15, -0.1) is 0 Å².